The van der Waals surface area contributed by atoms with Gasteiger partial charge in [-0.05, 0) is 42.3 Å². The zero-order valence-electron chi connectivity index (χ0n) is 14.5. The molecule has 3 N–H and O–H groups in total. The van der Waals surface area contributed by atoms with E-state index in [1.54, 1.807) is 25.1 Å². The first-order valence-electron chi connectivity index (χ1n) is 8.05. The van der Waals surface area contributed by atoms with Gasteiger partial charge in [-0.25, -0.2) is 14.8 Å². The Morgan fingerprint density at radius 3 is 2.81 bits per heavy atom. The summed E-state index contributed by atoms with van der Waals surface area (Å²) in [5.41, 5.74) is 10.2. The van der Waals surface area contributed by atoms with Crippen LogP contribution in [-0.4, -0.2) is 17.1 Å². The highest BCUT2D eigenvalue weighted by molar-refractivity contribution is 7.17. The maximum absolute atomic E-state index is 12.9. The molecule has 0 saturated heterocycles. The second-order valence-electron chi connectivity index (χ2n) is 5.65. The third kappa shape index (κ3) is 5.11. The molecule has 138 valence electrons. The first-order chi connectivity index (χ1) is 13.0. The molecule has 0 atom stereocenters. The largest absolute Gasteiger partial charge is 0.489 e. The Kier molecular flexibility index (Phi) is 5.77. The summed E-state index contributed by atoms with van der Waals surface area (Å²) in [4.78, 5) is 16.5. The number of carbonyl (C=O) groups excluding carboxylic acids is 1. The van der Waals surface area contributed by atoms with Crippen molar-refractivity contribution in [3.63, 3.8) is 0 Å². The van der Waals surface area contributed by atoms with Crippen molar-refractivity contribution in [1.29, 1.82) is 0 Å². The molecule has 0 fully saturated rings. The van der Waals surface area contributed by atoms with Gasteiger partial charge < -0.3 is 10.5 Å². The van der Waals surface area contributed by atoms with E-state index >= 15 is 0 Å². The molecule has 0 saturated carbocycles. The lowest BCUT2D eigenvalue weighted by atomic mass is 10.2. The van der Waals surface area contributed by atoms with Gasteiger partial charge in [-0.15, -0.1) is 0 Å². The van der Waals surface area contributed by atoms with Gasteiger partial charge in [0.15, 0.2) is 5.13 Å². The number of hydrogen-bond acceptors (Lipinski definition) is 6. The number of anilines is 1. The van der Waals surface area contributed by atoms with Gasteiger partial charge in [0, 0.05) is 0 Å². The van der Waals surface area contributed by atoms with Crippen LogP contribution in [0.2, 0.25) is 0 Å². The molecule has 0 aliphatic heterocycles. The number of nitrogens with zero attached hydrogens (tertiary/aromatic N) is 2. The number of carbonyl (C=O) groups is 1. The zero-order valence-corrected chi connectivity index (χ0v) is 15.3. The maximum atomic E-state index is 12.9. The summed E-state index contributed by atoms with van der Waals surface area (Å²) in [5.74, 6) is -0.00226. The van der Waals surface area contributed by atoms with Crippen LogP contribution < -0.4 is 15.9 Å². The molecule has 3 aromatic rings. The van der Waals surface area contributed by atoms with Crippen LogP contribution in [0.3, 0.4) is 0 Å². The highest BCUT2D eigenvalue weighted by Gasteiger charge is 2.13. The number of nitrogen functional groups attached to an aromatic ring is 1. The Hall–Kier alpha value is -3.26. The first kappa shape index (κ1) is 18.5. The quantitative estimate of drug-likeness (QED) is 0.503. The second-order valence-corrected chi connectivity index (χ2v) is 6.68. The number of hydrogen-bond donors (Lipinski definition) is 2. The SMILES string of the molecule is Cc1nc(N)sc1C(=O)N/N=C/c1cccc(OCc2ccc(F)cc2)c1. The average molecular weight is 384 g/mol. The van der Waals surface area contributed by atoms with E-state index in [0.29, 0.717) is 28.1 Å². The van der Waals surface area contributed by atoms with Gasteiger partial charge in [-0.2, -0.15) is 5.10 Å². The van der Waals surface area contributed by atoms with Gasteiger partial charge in [0.1, 0.15) is 23.1 Å². The molecule has 0 aliphatic carbocycles. The van der Waals surface area contributed by atoms with E-state index in [1.165, 1.54) is 18.3 Å². The molecule has 0 spiro atoms. The molecule has 0 aliphatic rings. The van der Waals surface area contributed by atoms with Crippen LogP contribution in [0.25, 0.3) is 0 Å². The Bertz CT molecular complexity index is 970. The van der Waals surface area contributed by atoms with Crippen LogP contribution in [0, 0.1) is 12.7 Å². The van der Waals surface area contributed by atoms with E-state index in [2.05, 4.69) is 15.5 Å². The minimum atomic E-state index is -0.360. The van der Waals surface area contributed by atoms with E-state index in [-0.39, 0.29) is 11.7 Å². The number of ether oxygens (including phenoxy) is 1. The predicted molar refractivity (Wildman–Crippen MR) is 103 cm³/mol. The Labute approximate surface area is 159 Å². The number of benzene rings is 2. The molecule has 2 aromatic carbocycles. The molecular formula is C19H17FN4O2S. The number of hydrazone groups is 1. The monoisotopic (exact) mass is 384 g/mol. The molecular weight excluding hydrogens is 367 g/mol. The van der Waals surface area contributed by atoms with Crippen molar-refractivity contribution in [2.45, 2.75) is 13.5 Å². The van der Waals surface area contributed by atoms with Gasteiger partial charge in [-0.3, -0.25) is 4.79 Å². The van der Waals surface area contributed by atoms with Crippen molar-refractivity contribution in [3.05, 3.63) is 76.0 Å². The number of aromatic nitrogens is 1. The Balaban J connectivity index is 1.58. The van der Waals surface area contributed by atoms with E-state index in [9.17, 15) is 9.18 Å². The van der Waals surface area contributed by atoms with Gasteiger partial charge in [0.05, 0.1) is 11.9 Å². The van der Waals surface area contributed by atoms with Crippen molar-refractivity contribution in [1.82, 2.24) is 10.4 Å². The van der Waals surface area contributed by atoms with Crippen molar-refractivity contribution < 1.29 is 13.9 Å². The average Bonchev–Trinajstić information content (AvgIpc) is 3.00. The van der Waals surface area contributed by atoms with E-state index in [1.807, 2.05) is 18.2 Å². The van der Waals surface area contributed by atoms with Crippen LogP contribution in [-0.2, 0) is 6.61 Å². The molecule has 0 radical (unpaired) electrons. The maximum Gasteiger partial charge on any atom is 0.283 e. The molecule has 6 nitrogen and oxygen atoms in total. The van der Waals surface area contributed by atoms with Crippen molar-refractivity contribution in [2.75, 3.05) is 5.73 Å². The number of thiazole rings is 1. The van der Waals surface area contributed by atoms with Crippen LogP contribution in [0.1, 0.15) is 26.5 Å². The first-order valence-corrected chi connectivity index (χ1v) is 8.86. The van der Waals surface area contributed by atoms with E-state index in [4.69, 9.17) is 10.5 Å². The lowest BCUT2D eigenvalue weighted by Crippen LogP contribution is -2.17. The zero-order chi connectivity index (χ0) is 19.2. The smallest absolute Gasteiger partial charge is 0.283 e. The van der Waals surface area contributed by atoms with Crippen LogP contribution >= 0.6 is 11.3 Å². The van der Waals surface area contributed by atoms with Crippen molar-refractivity contribution >= 4 is 28.6 Å². The standard InChI is InChI=1S/C19H17FN4O2S/c1-12-17(27-19(21)23-12)18(25)24-22-10-14-3-2-4-16(9-14)26-11-13-5-7-15(20)8-6-13/h2-10H,11H2,1H3,(H2,21,23)(H,24,25)/b22-10+. The summed E-state index contributed by atoms with van der Waals surface area (Å²) in [6.07, 6.45) is 1.52. The van der Waals surface area contributed by atoms with Crippen LogP contribution in [0.15, 0.2) is 53.6 Å². The molecule has 0 unspecified atom stereocenters. The third-order valence-electron chi connectivity index (χ3n) is 3.58. The minimum absolute atomic E-state index is 0.282. The number of rotatable bonds is 6. The van der Waals surface area contributed by atoms with Crippen LogP contribution in [0.4, 0.5) is 9.52 Å². The predicted octanol–water partition coefficient (Wildman–Crippen LogP) is 3.52. The summed E-state index contributed by atoms with van der Waals surface area (Å²) in [6.45, 7) is 2.04. The second kappa shape index (κ2) is 8.41. The van der Waals surface area contributed by atoms with Crippen molar-refractivity contribution in [3.8, 4) is 5.75 Å². The third-order valence-corrected chi connectivity index (χ3v) is 4.56. The van der Waals surface area contributed by atoms with Crippen LogP contribution in [0.5, 0.6) is 5.75 Å². The summed E-state index contributed by atoms with van der Waals surface area (Å²) in [7, 11) is 0. The lowest BCUT2D eigenvalue weighted by molar-refractivity contribution is 0.0958. The highest BCUT2D eigenvalue weighted by Crippen LogP contribution is 2.19. The summed E-state index contributed by atoms with van der Waals surface area (Å²) in [5, 5.41) is 4.29. The van der Waals surface area contributed by atoms with Crippen molar-refractivity contribution in [2.24, 2.45) is 5.10 Å². The molecule has 3 rings (SSSR count). The minimum Gasteiger partial charge on any atom is -0.489 e. The normalized spacial score (nSPS) is 10.9. The van der Waals surface area contributed by atoms with Gasteiger partial charge in [0.2, 0.25) is 0 Å². The number of nitrogens with two attached hydrogens (primary N) is 1. The fourth-order valence-corrected chi connectivity index (χ4v) is 3.00. The Morgan fingerprint density at radius 2 is 2.11 bits per heavy atom. The number of amides is 1. The molecule has 8 heteroatoms. The van der Waals surface area contributed by atoms with Gasteiger partial charge in [0.25, 0.3) is 5.91 Å². The lowest BCUT2D eigenvalue weighted by Gasteiger charge is -2.07. The van der Waals surface area contributed by atoms with E-state index in [0.717, 1.165) is 22.5 Å². The summed E-state index contributed by atoms with van der Waals surface area (Å²) in [6, 6.07) is 13.4. The number of nitrogens with one attached hydrogen (secondary N) is 1. The topological polar surface area (TPSA) is 89.6 Å². The molecule has 1 heterocycles. The summed E-state index contributed by atoms with van der Waals surface area (Å²) >= 11 is 1.11. The fraction of sp³-hybridized carbons (Fsp3) is 0.105. The van der Waals surface area contributed by atoms with E-state index < -0.39 is 0 Å². The fourth-order valence-electron chi connectivity index (χ4n) is 2.28. The number of aryl methyl sites for hydroxylation is 1. The molecule has 27 heavy (non-hydrogen) atoms. The Morgan fingerprint density at radius 1 is 1.33 bits per heavy atom. The molecule has 1 aromatic heterocycles. The van der Waals surface area contributed by atoms with Gasteiger partial charge in [-0.1, -0.05) is 35.6 Å². The molecule has 1 amide bonds. The molecule has 0 bridgehead atoms. The highest BCUT2D eigenvalue weighted by atomic mass is 32.1. The summed E-state index contributed by atoms with van der Waals surface area (Å²) < 4.78 is 18.6. The number of halogens is 1. The van der Waals surface area contributed by atoms with Gasteiger partial charge >= 0.3 is 0 Å².